The zero-order valence-corrected chi connectivity index (χ0v) is 10.1. The zero-order valence-electron chi connectivity index (χ0n) is 10.1. The fourth-order valence-electron chi connectivity index (χ4n) is 2.18. The first-order valence-corrected chi connectivity index (χ1v) is 5.77. The molecule has 1 fully saturated rings. The summed E-state index contributed by atoms with van der Waals surface area (Å²) in [5.41, 5.74) is 0.545. The standard InChI is InChI=1S/C12H17N3O2/c1-14(2)12(17)10-6-4-8-15(10)11(16)9-5-3-7-13-9/h3,5,7,10,13H,4,6,8H2,1-2H3. The van der Waals surface area contributed by atoms with Gasteiger partial charge in [0.05, 0.1) is 0 Å². The maximum atomic E-state index is 12.2. The summed E-state index contributed by atoms with van der Waals surface area (Å²) in [6.45, 7) is 0.655. The third-order valence-electron chi connectivity index (χ3n) is 3.07. The van der Waals surface area contributed by atoms with Crippen LogP contribution >= 0.6 is 0 Å². The summed E-state index contributed by atoms with van der Waals surface area (Å²) in [7, 11) is 3.44. The second kappa shape index (κ2) is 4.61. The number of likely N-dealkylation sites (N-methyl/N-ethyl adjacent to an activating group) is 1. The number of hydrogen-bond acceptors (Lipinski definition) is 2. The molecule has 1 aliphatic rings. The summed E-state index contributed by atoms with van der Waals surface area (Å²) in [6, 6.07) is 3.21. The number of likely N-dealkylation sites (tertiary alicyclic amines) is 1. The van der Waals surface area contributed by atoms with E-state index in [1.54, 1.807) is 42.2 Å². The van der Waals surface area contributed by atoms with Gasteiger partial charge in [-0.2, -0.15) is 0 Å². The Morgan fingerprint density at radius 3 is 2.82 bits per heavy atom. The first-order chi connectivity index (χ1) is 8.11. The van der Waals surface area contributed by atoms with Crippen LogP contribution in [0.25, 0.3) is 0 Å². The Morgan fingerprint density at radius 1 is 1.47 bits per heavy atom. The highest BCUT2D eigenvalue weighted by molar-refractivity contribution is 5.96. The molecule has 1 aromatic heterocycles. The van der Waals surface area contributed by atoms with Gasteiger partial charge in [0, 0.05) is 26.8 Å². The molecule has 2 amide bonds. The Kier molecular flexibility index (Phi) is 3.17. The average Bonchev–Trinajstić information content (AvgIpc) is 2.97. The SMILES string of the molecule is CN(C)C(=O)C1CCCN1C(=O)c1ccc[nH]1. The van der Waals surface area contributed by atoms with Crippen LogP contribution in [0.1, 0.15) is 23.3 Å². The maximum absolute atomic E-state index is 12.2. The number of aromatic nitrogens is 1. The number of carbonyl (C=O) groups excluding carboxylic acids is 2. The number of nitrogens with zero attached hydrogens (tertiary/aromatic N) is 2. The average molecular weight is 235 g/mol. The molecule has 1 N–H and O–H groups in total. The number of nitrogens with one attached hydrogen (secondary N) is 1. The molecule has 0 aromatic carbocycles. The lowest BCUT2D eigenvalue weighted by atomic mass is 10.2. The van der Waals surface area contributed by atoms with Gasteiger partial charge in [-0.15, -0.1) is 0 Å². The Labute approximate surface area is 100 Å². The van der Waals surface area contributed by atoms with Crippen LogP contribution in [0, 0.1) is 0 Å². The van der Waals surface area contributed by atoms with Gasteiger partial charge in [0.1, 0.15) is 11.7 Å². The van der Waals surface area contributed by atoms with E-state index in [9.17, 15) is 9.59 Å². The highest BCUT2D eigenvalue weighted by Crippen LogP contribution is 2.20. The van der Waals surface area contributed by atoms with Crippen molar-refractivity contribution in [3.63, 3.8) is 0 Å². The van der Waals surface area contributed by atoms with Crippen molar-refractivity contribution in [3.05, 3.63) is 24.0 Å². The van der Waals surface area contributed by atoms with Gasteiger partial charge in [0.2, 0.25) is 5.91 Å². The Bertz CT molecular complexity index is 411. The van der Waals surface area contributed by atoms with Crippen LogP contribution < -0.4 is 0 Å². The molecule has 1 unspecified atom stereocenters. The van der Waals surface area contributed by atoms with Crippen molar-refractivity contribution in [3.8, 4) is 0 Å². The molecule has 5 nitrogen and oxygen atoms in total. The monoisotopic (exact) mass is 235 g/mol. The fraction of sp³-hybridized carbons (Fsp3) is 0.500. The summed E-state index contributed by atoms with van der Waals surface area (Å²) in [5, 5.41) is 0. The number of carbonyl (C=O) groups is 2. The third-order valence-corrected chi connectivity index (χ3v) is 3.07. The third kappa shape index (κ3) is 2.18. The lowest BCUT2D eigenvalue weighted by Gasteiger charge is -2.25. The van der Waals surface area contributed by atoms with Crippen molar-refractivity contribution in [2.45, 2.75) is 18.9 Å². The Balaban J connectivity index is 2.15. The number of H-pyrrole nitrogens is 1. The smallest absolute Gasteiger partial charge is 0.270 e. The highest BCUT2D eigenvalue weighted by Gasteiger charge is 2.35. The largest absolute Gasteiger partial charge is 0.357 e. The van der Waals surface area contributed by atoms with Gasteiger partial charge in [0.25, 0.3) is 5.91 Å². The first-order valence-electron chi connectivity index (χ1n) is 5.77. The predicted octanol–water partition coefficient (Wildman–Crippen LogP) is 0.707. The quantitative estimate of drug-likeness (QED) is 0.820. The lowest BCUT2D eigenvalue weighted by molar-refractivity contribution is -0.132. The van der Waals surface area contributed by atoms with Gasteiger partial charge < -0.3 is 14.8 Å². The van der Waals surface area contributed by atoms with Crippen molar-refractivity contribution in [2.24, 2.45) is 0 Å². The van der Waals surface area contributed by atoms with E-state index in [2.05, 4.69) is 4.98 Å². The number of hydrogen-bond donors (Lipinski definition) is 1. The van der Waals surface area contributed by atoms with Crippen molar-refractivity contribution >= 4 is 11.8 Å². The van der Waals surface area contributed by atoms with E-state index in [4.69, 9.17) is 0 Å². The minimum atomic E-state index is -0.305. The van der Waals surface area contributed by atoms with Crippen LogP contribution in [0.15, 0.2) is 18.3 Å². The minimum absolute atomic E-state index is 0.00223. The van der Waals surface area contributed by atoms with Gasteiger partial charge >= 0.3 is 0 Å². The molecule has 5 heteroatoms. The second-order valence-corrected chi connectivity index (χ2v) is 4.47. The van der Waals surface area contributed by atoms with Gasteiger partial charge in [-0.1, -0.05) is 0 Å². The molecule has 1 aromatic rings. The molecule has 92 valence electrons. The molecule has 1 aliphatic heterocycles. The molecule has 17 heavy (non-hydrogen) atoms. The molecule has 1 atom stereocenters. The van der Waals surface area contributed by atoms with Crippen molar-refractivity contribution in [1.82, 2.24) is 14.8 Å². The summed E-state index contributed by atoms with van der Waals surface area (Å²) >= 11 is 0. The van der Waals surface area contributed by atoms with Crippen LogP contribution in [0.2, 0.25) is 0 Å². The molecule has 2 heterocycles. The van der Waals surface area contributed by atoms with E-state index in [1.165, 1.54) is 0 Å². The van der Waals surface area contributed by atoms with Crippen LogP contribution in [0.5, 0.6) is 0 Å². The number of rotatable bonds is 2. The van der Waals surface area contributed by atoms with Gasteiger partial charge in [-0.25, -0.2) is 0 Å². The molecule has 0 saturated carbocycles. The number of amides is 2. The second-order valence-electron chi connectivity index (χ2n) is 4.47. The van der Waals surface area contributed by atoms with E-state index in [0.29, 0.717) is 12.2 Å². The fourth-order valence-corrected chi connectivity index (χ4v) is 2.18. The molecule has 0 radical (unpaired) electrons. The predicted molar refractivity (Wildman–Crippen MR) is 63.5 cm³/mol. The molecule has 0 bridgehead atoms. The zero-order chi connectivity index (χ0) is 12.4. The highest BCUT2D eigenvalue weighted by atomic mass is 16.2. The van der Waals surface area contributed by atoms with Crippen LogP contribution in [0.3, 0.4) is 0 Å². The summed E-state index contributed by atoms with van der Waals surface area (Å²) in [5.74, 6) is -0.0879. The molecule has 0 spiro atoms. The molecule has 0 aliphatic carbocycles. The van der Waals surface area contributed by atoms with Gasteiger partial charge in [-0.3, -0.25) is 9.59 Å². The first kappa shape index (κ1) is 11.7. The number of aromatic amines is 1. The molecule has 2 rings (SSSR count). The van der Waals surface area contributed by atoms with Crippen LogP contribution in [-0.2, 0) is 4.79 Å². The lowest BCUT2D eigenvalue weighted by Crippen LogP contribution is -2.45. The van der Waals surface area contributed by atoms with Crippen molar-refractivity contribution in [2.75, 3.05) is 20.6 Å². The van der Waals surface area contributed by atoms with E-state index < -0.39 is 0 Å². The van der Waals surface area contributed by atoms with E-state index in [-0.39, 0.29) is 17.9 Å². The summed E-state index contributed by atoms with van der Waals surface area (Å²) in [4.78, 5) is 30.2. The topological polar surface area (TPSA) is 56.4 Å². The maximum Gasteiger partial charge on any atom is 0.270 e. The Morgan fingerprint density at radius 2 is 2.24 bits per heavy atom. The van der Waals surface area contributed by atoms with Crippen molar-refractivity contribution < 1.29 is 9.59 Å². The normalized spacial score (nSPS) is 19.4. The van der Waals surface area contributed by atoms with Crippen LogP contribution in [-0.4, -0.2) is 53.3 Å². The van der Waals surface area contributed by atoms with Crippen molar-refractivity contribution in [1.29, 1.82) is 0 Å². The van der Waals surface area contributed by atoms with Gasteiger partial charge in [0.15, 0.2) is 0 Å². The van der Waals surface area contributed by atoms with Gasteiger partial charge in [-0.05, 0) is 25.0 Å². The van der Waals surface area contributed by atoms with E-state index in [1.807, 2.05) is 0 Å². The summed E-state index contributed by atoms with van der Waals surface area (Å²) < 4.78 is 0. The molecular formula is C12H17N3O2. The minimum Gasteiger partial charge on any atom is -0.357 e. The summed E-state index contributed by atoms with van der Waals surface area (Å²) in [6.07, 6.45) is 3.35. The van der Waals surface area contributed by atoms with E-state index in [0.717, 1.165) is 12.8 Å². The van der Waals surface area contributed by atoms with E-state index >= 15 is 0 Å². The Hall–Kier alpha value is -1.78. The molecule has 1 saturated heterocycles. The van der Waals surface area contributed by atoms with Crippen LogP contribution in [0.4, 0.5) is 0 Å². The molecular weight excluding hydrogens is 218 g/mol.